The van der Waals surface area contributed by atoms with Crippen LogP contribution in [0.15, 0.2) is 60.7 Å². The number of alkyl halides is 10. The van der Waals surface area contributed by atoms with Crippen molar-refractivity contribution in [2.45, 2.75) is 99.3 Å². The zero-order valence-corrected chi connectivity index (χ0v) is 31.6. The highest BCUT2D eigenvalue weighted by Crippen LogP contribution is 2.36. The lowest BCUT2D eigenvalue weighted by Crippen LogP contribution is -2.47. The summed E-state index contributed by atoms with van der Waals surface area (Å²) in [6.07, 6.45) is -19.6. The van der Waals surface area contributed by atoms with Crippen molar-refractivity contribution < 1.29 is 93.3 Å². The van der Waals surface area contributed by atoms with E-state index in [4.69, 9.17) is 9.47 Å². The lowest BCUT2D eigenvalue weighted by molar-refractivity contribution is -0.269. The second-order valence-electron chi connectivity index (χ2n) is 13.1. The van der Waals surface area contributed by atoms with Crippen molar-refractivity contribution >= 4 is 43.4 Å². The first kappa shape index (κ1) is 49.5. The van der Waals surface area contributed by atoms with E-state index in [-0.39, 0.29) is 24.6 Å². The lowest BCUT2D eigenvalue weighted by Gasteiger charge is -2.36. The second kappa shape index (κ2) is 19.0. The Labute approximate surface area is 320 Å². The first-order valence-corrected chi connectivity index (χ1v) is 19.1. The van der Waals surface area contributed by atoms with Crippen molar-refractivity contribution in [1.29, 1.82) is 0 Å². The van der Waals surface area contributed by atoms with Crippen LogP contribution in [0.1, 0.15) is 52.9 Å². The van der Waals surface area contributed by atoms with Crippen LogP contribution < -0.4 is 10.6 Å². The van der Waals surface area contributed by atoms with Gasteiger partial charge in [-0.3, -0.25) is 18.0 Å². The number of ether oxygens (including phenoxy) is 2. The topological polar surface area (TPSA) is 184 Å². The summed E-state index contributed by atoms with van der Waals surface area (Å²) in [6, 6.07) is 13.4. The van der Waals surface area contributed by atoms with Gasteiger partial charge in [-0.05, 0) is 51.5 Å². The zero-order chi connectivity index (χ0) is 43.7. The SMILES string of the molecule is CC(C)(O)CC(CC(F)(F)F)OS(=O)(=O)C(F)(F)C(=O)Nc1ccccc1.CC1(CC(CC(F)(F)F)OS(=O)(=O)C(F)(F)C(=O)Nc2ccccc2)OCCCO1. The van der Waals surface area contributed by atoms with E-state index in [1.54, 1.807) is 10.6 Å². The molecule has 0 aliphatic carbocycles. The minimum atomic E-state index is -6.08. The van der Waals surface area contributed by atoms with E-state index in [0.29, 0.717) is 6.42 Å². The molecule has 0 saturated carbocycles. The molecule has 13 nitrogen and oxygen atoms in total. The summed E-state index contributed by atoms with van der Waals surface area (Å²) in [4.78, 5) is 23.4. The number of anilines is 2. The Morgan fingerprint density at radius 3 is 1.39 bits per heavy atom. The van der Waals surface area contributed by atoms with Crippen LogP contribution in [0, 0.1) is 0 Å². The molecule has 1 aliphatic rings. The summed E-state index contributed by atoms with van der Waals surface area (Å²) in [7, 11) is -12.2. The minimum Gasteiger partial charge on any atom is -0.390 e. The van der Waals surface area contributed by atoms with Crippen LogP contribution in [-0.4, -0.2) is 93.4 Å². The molecule has 324 valence electrons. The van der Waals surface area contributed by atoms with Crippen LogP contribution in [0.5, 0.6) is 0 Å². The van der Waals surface area contributed by atoms with E-state index in [9.17, 15) is 75.4 Å². The third-order valence-corrected chi connectivity index (χ3v) is 9.77. The summed E-state index contributed by atoms with van der Waals surface area (Å²) < 4.78 is 199. The number of amides is 2. The highest BCUT2D eigenvalue weighted by Gasteiger charge is 2.57. The Hall–Kier alpha value is -3.62. The van der Waals surface area contributed by atoms with Gasteiger partial charge in [0.25, 0.3) is 0 Å². The Balaban J connectivity index is 0.000000396. The molecule has 25 heteroatoms. The van der Waals surface area contributed by atoms with E-state index in [2.05, 4.69) is 8.37 Å². The van der Waals surface area contributed by atoms with Gasteiger partial charge < -0.3 is 25.2 Å². The van der Waals surface area contributed by atoms with Crippen molar-refractivity contribution in [2.75, 3.05) is 23.8 Å². The van der Waals surface area contributed by atoms with Gasteiger partial charge in [-0.25, -0.2) is 0 Å². The molecule has 0 spiro atoms. The molecule has 2 aromatic carbocycles. The predicted octanol–water partition coefficient (Wildman–Crippen LogP) is 6.47. The first-order valence-electron chi connectivity index (χ1n) is 16.3. The molecule has 1 heterocycles. The molecular formula is C32H38F10N2O11S2. The largest absolute Gasteiger partial charge is 0.447 e. The number of nitrogens with one attached hydrogen (secondary N) is 2. The second-order valence-corrected chi connectivity index (χ2v) is 16.3. The first-order chi connectivity index (χ1) is 25.8. The number of hydrogen-bond acceptors (Lipinski definition) is 11. The fourth-order valence-corrected chi connectivity index (χ4v) is 6.51. The number of hydrogen-bond donors (Lipinski definition) is 3. The van der Waals surface area contributed by atoms with Crippen LogP contribution >= 0.6 is 0 Å². The number of aliphatic hydroxyl groups is 1. The van der Waals surface area contributed by atoms with Crippen molar-refractivity contribution in [3.05, 3.63) is 60.7 Å². The van der Waals surface area contributed by atoms with Gasteiger partial charge >= 0.3 is 54.9 Å². The molecule has 0 bridgehead atoms. The summed E-state index contributed by atoms with van der Waals surface area (Å²) >= 11 is 0. The van der Waals surface area contributed by atoms with E-state index in [1.807, 2.05) is 0 Å². The fraction of sp³-hybridized carbons (Fsp3) is 0.562. The molecule has 3 rings (SSSR count). The minimum absolute atomic E-state index is 0.123. The Bertz CT molecular complexity index is 1820. The van der Waals surface area contributed by atoms with Gasteiger partial charge in [0.15, 0.2) is 5.79 Å². The monoisotopic (exact) mass is 880 g/mol. The number of para-hydroxylation sites is 2. The molecular weight excluding hydrogens is 842 g/mol. The smallest absolute Gasteiger partial charge is 0.390 e. The molecule has 2 unspecified atom stereocenters. The molecule has 0 aromatic heterocycles. The van der Waals surface area contributed by atoms with Gasteiger partial charge in [-0.1, -0.05) is 36.4 Å². The fourth-order valence-electron chi connectivity index (χ4n) is 4.72. The van der Waals surface area contributed by atoms with Crippen LogP contribution in [0.2, 0.25) is 0 Å². The molecule has 0 radical (unpaired) electrons. The van der Waals surface area contributed by atoms with Crippen molar-refractivity contribution in [3.63, 3.8) is 0 Å². The lowest BCUT2D eigenvalue weighted by atomic mass is 9.99. The summed E-state index contributed by atoms with van der Waals surface area (Å²) in [6.45, 7) is 3.58. The van der Waals surface area contributed by atoms with Crippen LogP contribution in [-0.2, 0) is 47.7 Å². The zero-order valence-electron chi connectivity index (χ0n) is 30.0. The quantitative estimate of drug-likeness (QED) is 0.124. The molecule has 2 aromatic rings. The Kier molecular flexibility index (Phi) is 16.5. The average molecular weight is 881 g/mol. The average Bonchev–Trinajstić information content (AvgIpc) is 3.03. The maximum absolute atomic E-state index is 14.3. The summed E-state index contributed by atoms with van der Waals surface area (Å²) in [5.41, 5.74) is -2.13. The third kappa shape index (κ3) is 16.3. The van der Waals surface area contributed by atoms with Gasteiger partial charge in [0.05, 0.1) is 43.9 Å². The van der Waals surface area contributed by atoms with Gasteiger partial charge in [-0.2, -0.15) is 60.7 Å². The van der Waals surface area contributed by atoms with E-state index in [1.165, 1.54) is 67.6 Å². The molecule has 2 amide bonds. The van der Waals surface area contributed by atoms with Crippen LogP contribution in [0.25, 0.3) is 0 Å². The van der Waals surface area contributed by atoms with Gasteiger partial charge in [0, 0.05) is 24.2 Å². The number of rotatable bonds is 16. The molecule has 1 fully saturated rings. The van der Waals surface area contributed by atoms with Crippen molar-refractivity contribution in [1.82, 2.24) is 0 Å². The molecule has 2 atom stereocenters. The molecule has 3 N–H and O–H groups in total. The van der Waals surface area contributed by atoms with Crippen molar-refractivity contribution in [3.8, 4) is 0 Å². The highest BCUT2D eigenvalue weighted by molar-refractivity contribution is 7.89. The number of carbonyl (C=O) groups is 2. The normalized spacial score (nSPS) is 16.7. The Morgan fingerprint density at radius 1 is 0.684 bits per heavy atom. The maximum Gasteiger partial charge on any atom is 0.447 e. The Morgan fingerprint density at radius 2 is 1.04 bits per heavy atom. The number of carbonyl (C=O) groups excluding carboxylic acids is 2. The number of benzene rings is 2. The predicted molar refractivity (Wildman–Crippen MR) is 179 cm³/mol. The number of halogens is 10. The molecule has 1 saturated heterocycles. The van der Waals surface area contributed by atoms with E-state index in [0.717, 1.165) is 13.8 Å². The van der Waals surface area contributed by atoms with Gasteiger partial charge in [0.2, 0.25) is 0 Å². The summed E-state index contributed by atoms with van der Waals surface area (Å²) in [5, 5.41) is 2.59. The molecule has 57 heavy (non-hydrogen) atoms. The van der Waals surface area contributed by atoms with Gasteiger partial charge in [0.1, 0.15) is 0 Å². The standard InChI is InChI=1S/C17H20F5NO6S.C15H18F5NO5S/c1-15(27-8-5-9-28-15)10-13(11-16(18,19)20)29-30(25,26)17(21,22)14(24)23-12-6-3-2-4-7-12;1-13(2,23)8-11(9-14(16,17)18)26-27(24,25)15(19,20)12(22)21-10-6-4-3-5-7-10/h2-4,6-7,13H,5,8-11H2,1H3,(H,23,24);3-7,11,23H,8-9H2,1-2H3,(H,21,22). The van der Waals surface area contributed by atoms with Gasteiger partial charge in [-0.15, -0.1) is 0 Å². The summed E-state index contributed by atoms with van der Waals surface area (Å²) in [5.74, 6) is -6.22. The van der Waals surface area contributed by atoms with E-state index < -0.39 is 104 Å². The third-order valence-electron chi connectivity index (χ3n) is 7.09. The van der Waals surface area contributed by atoms with Crippen molar-refractivity contribution in [2.24, 2.45) is 0 Å². The van der Waals surface area contributed by atoms with Crippen LogP contribution in [0.3, 0.4) is 0 Å². The van der Waals surface area contributed by atoms with E-state index >= 15 is 0 Å². The molecule has 1 aliphatic heterocycles. The maximum atomic E-state index is 14.3. The highest BCUT2D eigenvalue weighted by atomic mass is 32.2. The van der Waals surface area contributed by atoms with Crippen LogP contribution in [0.4, 0.5) is 55.3 Å².